The first-order chi connectivity index (χ1) is 4.18. The molecule has 0 aromatic rings. The monoisotopic (exact) mass is 240 g/mol. The molecule has 0 spiro atoms. The quantitative estimate of drug-likeness (QED) is 0.502. The van der Waals surface area contributed by atoms with Gasteiger partial charge in [-0.2, -0.15) is 0 Å². The van der Waals surface area contributed by atoms with Gasteiger partial charge in [0.15, 0.2) is 0 Å². The molecule has 0 aromatic carbocycles. The van der Waals surface area contributed by atoms with E-state index in [1.165, 1.54) is 13.1 Å². The highest BCUT2D eigenvalue weighted by molar-refractivity contribution is 14.1. The van der Waals surface area contributed by atoms with Crippen LogP contribution in [0.1, 0.15) is 13.8 Å². The zero-order valence-electron chi connectivity index (χ0n) is 5.89. The summed E-state index contributed by atoms with van der Waals surface area (Å²) in [7, 11) is 0. The Kier molecular flexibility index (Phi) is 2.73. The highest BCUT2D eigenvalue weighted by Crippen LogP contribution is 2.07. The third kappa shape index (κ3) is 2.39. The average molecular weight is 240 g/mol. The zero-order valence-corrected chi connectivity index (χ0v) is 8.05. The molecule has 2 atom stereocenters. The molecular weight excluding hydrogens is 227 g/mol. The van der Waals surface area contributed by atoms with Crippen molar-refractivity contribution in [1.82, 2.24) is 8.43 Å². The molecule has 1 heterocycles. The van der Waals surface area contributed by atoms with Gasteiger partial charge in [0.05, 0.1) is 0 Å². The van der Waals surface area contributed by atoms with Crippen molar-refractivity contribution in [2.75, 3.05) is 13.1 Å². The molecular formula is C6H13IN2. The molecule has 1 aliphatic rings. The molecule has 9 heavy (non-hydrogen) atoms. The molecule has 54 valence electrons. The summed E-state index contributed by atoms with van der Waals surface area (Å²) >= 11 is 2.38. The summed E-state index contributed by atoms with van der Waals surface area (Å²) in [6.45, 7) is 6.79. The van der Waals surface area contributed by atoms with Gasteiger partial charge in [-0.3, -0.25) is 0 Å². The summed E-state index contributed by atoms with van der Waals surface area (Å²) in [5, 5.41) is 3.46. The molecule has 0 aromatic heterocycles. The zero-order chi connectivity index (χ0) is 6.85. The number of nitrogens with one attached hydrogen (secondary N) is 1. The van der Waals surface area contributed by atoms with Crippen LogP contribution in [-0.2, 0) is 0 Å². The largest absolute Gasteiger partial charge is 0.309 e. The van der Waals surface area contributed by atoms with E-state index in [0.29, 0.717) is 12.1 Å². The van der Waals surface area contributed by atoms with Gasteiger partial charge in [0.1, 0.15) is 0 Å². The molecule has 1 fully saturated rings. The molecule has 0 radical (unpaired) electrons. The van der Waals surface area contributed by atoms with E-state index in [0.717, 1.165) is 0 Å². The number of rotatable bonds is 0. The SMILES string of the molecule is C[C@H]1CN(I)C[C@H](C)N1. The number of halogens is 1. The minimum absolute atomic E-state index is 0.658. The third-order valence-electron chi connectivity index (χ3n) is 1.51. The van der Waals surface area contributed by atoms with Crippen molar-refractivity contribution >= 4 is 22.9 Å². The lowest BCUT2D eigenvalue weighted by atomic mass is 10.2. The lowest BCUT2D eigenvalue weighted by Gasteiger charge is -2.31. The Balaban J connectivity index is 2.34. The van der Waals surface area contributed by atoms with Gasteiger partial charge in [0, 0.05) is 48.0 Å². The number of nitrogens with zero attached hydrogens (tertiary/aromatic N) is 1. The van der Waals surface area contributed by atoms with Gasteiger partial charge in [-0.1, -0.05) is 0 Å². The lowest BCUT2D eigenvalue weighted by Crippen LogP contribution is -2.50. The lowest BCUT2D eigenvalue weighted by molar-refractivity contribution is 0.299. The van der Waals surface area contributed by atoms with Crippen LogP contribution in [0.4, 0.5) is 0 Å². The highest BCUT2D eigenvalue weighted by Gasteiger charge is 2.17. The smallest absolute Gasteiger partial charge is 0.0233 e. The third-order valence-corrected chi connectivity index (χ3v) is 2.30. The predicted octanol–water partition coefficient (Wildman–Crippen LogP) is 1.02. The maximum atomic E-state index is 3.46. The topological polar surface area (TPSA) is 15.3 Å². The first kappa shape index (κ1) is 7.75. The molecule has 3 heteroatoms. The highest BCUT2D eigenvalue weighted by atomic mass is 127. The van der Waals surface area contributed by atoms with Crippen LogP contribution in [0.5, 0.6) is 0 Å². The Hall–Kier alpha value is 0.650. The fraction of sp³-hybridized carbons (Fsp3) is 1.00. The van der Waals surface area contributed by atoms with Crippen LogP contribution in [0.2, 0.25) is 0 Å². The van der Waals surface area contributed by atoms with Crippen molar-refractivity contribution in [3.05, 3.63) is 0 Å². The van der Waals surface area contributed by atoms with Crippen LogP contribution < -0.4 is 5.32 Å². The molecule has 0 unspecified atom stereocenters. The van der Waals surface area contributed by atoms with Crippen LogP contribution in [0.25, 0.3) is 0 Å². The second-order valence-electron chi connectivity index (χ2n) is 2.80. The first-order valence-electron chi connectivity index (χ1n) is 3.35. The number of piperazine rings is 1. The van der Waals surface area contributed by atoms with E-state index in [-0.39, 0.29) is 0 Å². The van der Waals surface area contributed by atoms with Gasteiger partial charge in [-0.05, 0) is 13.8 Å². The van der Waals surface area contributed by atoms with Gasteiger partial charge in [-0.15, -0.1) is 0 Å². The van der Waals surface area contributed by atoms with Crippen molar-refractivity contribution in [3.63, 3.8) is 0 Å². The summed E-state index contributed by atoms with van der Waals surface area (Å²) in [6, 6.07) is 1.32. The van der Waals surface area contributed by atoms with Crippen molar-refractivity contribution in [2.45, 2.75) is 25.9 Å². The van der Waals surface area contributed by atoms with E-state index in [1.54, 1.807) is 0 Å². The second-order valence-corrected chi connectivity index (χ2v) is 4.16. The Labute approximate surface area is 70.5 Å². The molecule has 1 aliphatic heterocycles. The Morgan fingerprint density at radius 3 is 2.11 bits per heavy atom. The van der Waals surface area contributed by atoms with Gasteiger partial charge in [0.2, 0.25) is 0 Å². The maximum Gasteiger partial charge on any atom is 0.0233 e. The minimum atomic E-state index is 0.658. The molecule has 0 amide bonds. The molecule has 1 saturated heterocycles. The van der Waals surface area contributed by atoms with Crippen LogP contribution in [0.3, 0.4) is 0 Å². The fourth-order valence-corrected chi connectivity index (χ4v) is 2.44. The average Bonchev–Trinajstić information content (AvgIpc) is 1.59. The van der Waals surface area contributed by atoms with Gasteiger partial charge >= 0.3 is 0 Å². The van der Waals surface area contributed by atoms with Crippen molar-refractivity contribution < 1.29 is 0 Å². The minimum Gasteiger partial charge on any atom is -0.309 e. The van der Waals surface area contributed by atoms with Crippen LogP contribution in [-0.4, -0.2) is 28.3 Å². The molecule has 1 rings (SSSR count). The number of hydrogen-bond acceptors (Lipinski definition) is 2. The van der Waals surface area contributed by atoms with E-state index in [2.05, 4.69) is 45.1 Å². The molecule has 0 bridgehead atoms. The Morgan fingerprint density at radius 2 is 1.78 bits per heavy atom. The standard InChI is InChI=1S/C6H13IN2/c1-5-3-9(7)4-6(2)8-5/h5-6,8H,3-4H2,1-2H3/t5-,6-/m0/s1. The summed E-state index contributed by atoms with van der Waals surface area (Å²) in [5.74, 6) is 0. The second kappa shape index (κ2) is 3.16. The van der Waals surface area contributed by atoms with E-state index in [1.807, 2.05) is 0 Å². The predicted molar refractivity (Wildman–Crippen MR) is 47.7 cm³/mol. The van der Waals surface area contributed by atoms with Gasteiger partial charge in [0.25, 0.3) is 0 Å². The van der Waals surface area contributed by atoms with Gasteiger partial charge < -0.3 is 5.32 Å². The van der Waals surface area contributed by atoms with Crippen molar-refractivity contribution in [1.29, 1.82) is 0 Å². The van der Waals surface area contributed by atoms with Crippen LogP contribution in [0, 0.1) is 0 Å². The maximum absolute atomic E-state index is 3.46. The summed E-state index contributed by atoms with van der Waals surface area (Å²) in [4.78, 5) is 0. The Morgan fingerprint density at radius 1 is 1.33 bits per heavy atom. The van der Waals surface area contributed by atoms with E-state index in [4.69, 9.17) is 0 Å². The Bertz CT molecular complexity index is 72.0. The molecule has 2 nitrogen and oxygen atoms in total. The van der Waals surface area contributed by atoms with Crippen molar-refractivity contribution in [2.24, 2.45) is 0 Å². The molecule has 0 saturated carbocycles. The molecule has 1 N–H and O–H groups in total. The van der Waals surface area contributed by atoms with Crippen LogP contribution in [0.15, 0.2) is 0 Å². The first-order valence-corrected chi connectivity index (χ1v) is 4.31. The summed E-state index contributed by atoms with van der Waals surface area (Å²) in [6.07, 6.45) is 0. The summed E-state index contributed by atoms with van der Waals surface area (Å²) in [5.41, 5.74) is 0. The number of hydrogen-bond donors (Lipinski definition) is 1. The van der Waals surface area contributed by atoms with E-state index >= 15 is 0 Å². The van der Waals surface area contributed by atoms with E-state index in [9.17, 15) is 0 Å². The fourth-order valence-electron chi connectivity index (χ4n) is 1.26. The van der Waals surface area contributed by atoms with Gasteiger partial charge in [-0.25, -0.2) is 3.11 Å². The molecule has 0 aliphatic carbocycles. The summed E-state index contributed by atoms with van der Waals surface area (Å²) < 4.78 is 2.34. The van der Waals surface area contributed by atoms with Crippen molar-refractivity contribution in [3.8, 4) is 0 Å². The normalized spacial score (nSPS) is 39.0. The van der Waals surface area contributed by atoms with Crippen LogP contribution >= 0.6 is 22.9 Å². The van der Waals surface area contributed by atoms with E-state index < -0.39 is 0 Å².